The van der Waals surface area contributed by atoms with Crippen molar-refractivity contribution < 1.29 is 30.3 Å². The van der Waals surface area contributed by atoms with E-state index >= 15 is 0 Å². The third-order valence-electron chi connectivity index (χ3n) is 6.96. The van der Waals surface area contributed by atoms with Crippen molar-refractivity contribution in [2.45, 2.75) is 0 Å². The zero-order valence-electron chi connectivity index (χ0n) is 25.3. The average Bonchev–Trinajstić information content (AvgIpc) is 3.09. The zero-order chi connectivity index (χ0) is 35.9. The normalized spacial score (nSPS) is 11.7. The van der Waals surface area contributed by atoms with Crippen LogP contribution < -0.4 is 0 Å². The molecular weight excluding hydrogens is 780 g/mol. The lowest BCUT2D eigenvalue weighted by Gasteiger charge is -2.08. The summed E-state index contributed by atoms with van der Waals surface area (Å²) in [5.74, 6) is -1.38. The minimum atomic E-state index is -0.737. The van der Waals surface area contributed by atoms with Crippen LogP contribution in [0.4, 0.5) is 34.1 Å². The van der Waals surface area contributed by atoms with E-state index in [0.29, 0.717) is 20.1 Å². The van der Waals surface area contributed by atoms with Crippen LogP contribution in [0.25, 0.3) is 0 Å². The van der Waals surface area contributed by atoms with Crippen molar-refractivity contribution in [3.05, 3.63) is 136 Å². The Bertz CT molecular complexity index is 2120. The molecule has 14 nitrogen and oxygen atoms in total. The van der Waals surface area contributed by atoms with Crippen molar-refractivity contribution in [1.82, 2.24) is 0 Å². The number of phenols is 4. The van der Waals surface area contributed by atoms with Gasteiger partial charge >= 0.3 is 11.4 Å². The standard InChI is InChI=1S/C34H22Br2N6O8/c35-23-9-1-5-19(31(23)43)15-37-25-13-26(38-16-20-6-2-10-24(36)32(20)44)28(40-18-22-8-4-12-30(34(22)46)42(49)50)14-27(25)39-17-21-7-3-11-29(33(21)45)41(47)48/h1-18,43-46H. The van der Waals surface area contributed by atoms with Crippen molar-refractivity contribution in [2.75, 3.05) is 0 Å². The fourth-order valence-corrected chi connectivity index (χ4v) is 5.16. The van der Waals surface area contributed by atoms with Crippen molar-refractivity contribution >= 4 is 90.8 Å². The van der Waals surface area contributed by atoms with E-state index in [1.807, 2.05) is 0 Å². The molecule has 0 aliphatic carbocycles. The van der Waals surface area contributed by atoms with Gasteiger partial charge in [-0.1, -0.05) is 24.3 Å². The summed E-state index contributed by atoms with van der Waals surface area (Å²) in [6.45, 7) is 0. The molecule has 50 heavy (non-hydrogen) atoms. The number of aromatic hydroxyl groups is 4. The molecule has 0 aliphatic heterocycles. The number of nitrogens with zero attached hydrogens (tertiary/aromatic N) is 6. The Morgan fingerprint density at radius 3 is 1.06 bits per heavy atom. The van der Waals surface area contributed by atoms with Gasteiger partial charge in [0.25, 0.3) is 0 Å². The second-order valence-electron chi connectivity index (χ2n) is 10.2. The summed E-state index contributed by atoms with van der Waals surface area (Å²) in [7, 11) is 0. The smallest absolute Gasteiger partial charge is 0.311 e. The summed E-state index contributed by atoms with van der Waals surface area (Å²) in [5, 5.41) is 64.8. The van der Waals surface area contributed by atoms with E-state index < -0.39 is 32.7 Å². The van der Waals surface area contributed by atoms with E-state index in [4.69, 9.17) is 0 Å². The minimum Gasteiger partial charge on any atom is -0.506 e. The zero-order valence-corrected chi connectivity index (χ0v) is 28.4. The highest BCUT2D eigenvalue weighted by Gasteiger charge is 2.17. The van der Waals surface area contributed by atoms with E-state index in [2.05, 4.69) is 51.8 Å². The van der Waals surface area contributed by atoms with E-state index in [1.165, 1.54) is 61.3 Å². The van der Waals surface area contributed by atoms with Crippen LogP contribution in [-0.2, 0) is 0 Å². The van der Waals surface area contributed by atoms with Crippen LogP contribution in [0.5, 0.6) is 23.0 Å². The molecule has 0 heterocycles. The lowest BCUT2D eigenvalue weighted by atomic mass is 10.1. The number of benzene rings is 5. The quantitative estimate of drug-likeness (QED) is 0.0606. The van der Waals surface area contributed by atoms with Crippen LogP contribution >= 0.6 is 31.9 Å². The van der Waals surface area contributed by atoms with Gasteiger partial charge < -0.3 is 20.4 Å². The summed E-state index contributed by atoms with van der Waals surface area (Å²) < 4.78 is 0.850. The van der Waals surface area contributed by atoms with Crippen LogP contribution in [-0.4, -0.2) is 55.1 Å². The molecule has 0 radical (unpaired) electrons. The molecule has 0 aromatic heterocycles. The van der Waals surface area contributed by atoms with Crippen molar-refractivity contribution in [3.8, 4) is 23.0 Å². The van der Waals surface area contributed by atoms with Crippen LogP contribution in [0.15, 0.2) is 114 Å². The molecule has 0 bridgehead atoms. The topological polar surface area (TPSA) is 217 Å². The first-order chi connectivity index (χ1) is 23.9. The first kappa shape index (κ1) is 35.1. The van der Waals surface area contributed by atoms with Gasteiger partial charge in [-0.05, 0) is 80.4 Å². The molecule has 250 valence electrons. The number of phenolic OH excluding ortho intramolecular Hbond substituents is 4. The number of hydrogen-bond acceptors (Lipinski definition) is 12. The van der Waals surface area contributed by atoms with Crippen molar-refractivity contribution in [1.29, 1.82) is 0 Å². The minimum absolute atomic E-state index is 0.0255. The monoisotopic (exact) mass is 800 g/mol. The summed E-state index contributed by atoms with van der Waals surface area (Å²) in [4.78, 5) is 39.2. The highest BCUT2D eigenvalue weighted by Crippen LogP contribution is 2.42. The van der Waals surface area contributed by atoms with Gasteiger partial charge in [-0.25, -0.2) is 0 Å². The molecule has 0 fully saturated rings. The Kier molecular flexibility index (Phi) is 10.7. The number of halogens is 2. The molecule has 0 spiro atoms. The lowest BCUT2D eigenvalue weighted by molar-refractivity contribution is -0.386. The summed E-state index contributed by atoms with van der Waals surface area (Å²) >= 11 is 6.54. The Labute approximate surface area is 299 Å². The van der Waals surface area contributed by atoms with E-state index in [9.17, 15) is 40.7 Å². The second kappa shape index (κ2) is 15.3. The molecule has 0 saturated heterocycles. The number of rotatable bonds is 10. The lowest BCUT2D eigenvalue weighted by Crippen LogP contribution is -1.92. The molecule has 0 saturated carbocycles. The van der Waals surface area contributed by atoms with Gasteiger partial charge in [0.15, 0.2) is 0 Å². The molecular formula is C34H22Br2N6O8. The van der Waals surface area contributed by atoms with Gasteiger partial charge in [0.1, 0.15) is 11.5 Å². The first-order valence-corrected chi connectivity index (χ1v) is 15.7. The summed E-state index contributed by atoms with van der Waals surface area (Å²) in [6.07, 6.45) is 5.12. The Morgan fingerprint density at radius 2 is 0.760 bits per heavy atom. The molecule has 0 aliphatic rings. The molecule has 0 atom stereocenters. The van der Waals surface area contributed by atoms with Crippen LogP contribution in [0.3, 0.4) is 0 Å². The maximum absolute atomic E-state index is 11.4. The summed E-state index contributed by atoms with van der Waals surface area (Å²) in [6, 6.07) is 20.7. The van der Waals surface area contributed by atoms with Crippen LogP contribution in [0.1, 0.15) is 22.3 Å². The summed E-state index contributed by atoms with van der Waals surface area (Å²) in [5.41, 5.74) is 0.287. The number of hydrogen-bond donors (Lipinski definition) is 4. The molecule has 0 unspecified atom stereocenters. The number of nitro benzene ring substituents is 2. The Hall–Kier alpha value is -6.26. The van der Waals surface area contributed by atoms with E-state index in [0.717, 1.165) is 12.1 Å². The highest BCUT2D eigenvalue weighted by molar-refractivity contribution is 9.10. The predicted molar refractivity (Wildman–Crippen MR) is 197 cm³/mol. The predicted octanol–water partition coefficient (Wildman–Crippen LogP) is 8.85. The second-order valence-corrected chi connectivity index (χ2v) is 11.9. The fraction of sp³-hybridized carbons (Fsp3) is 0. The van der Waals surface area contributed by atoms with Crippen molar-refractivity contribution in [3.63, 3.8) is 0 Å². The molecule has 5 aromatic rings. The van der Waals surface area contributed by atoms with Crippen molar-refractivity contribution in [2.24, 2.45) is 20.0 Å². The largest absolute Gasteiger partial charge is 0.506 e. The van der Waals surface area contributed by atoms with Crippen LogP contribution in [0.2, 0.25) is 0 Å². The maximum Gasteiger partial charge on any atom is 0.311 e. The number of aliphatic imine (C=N–C) groups is 4. The first-order valence-electron chi connectivity index (χ1n) is 14.2. The van der Waals surface area contributed by atoms with E-state index in [-0.39, 0.29) is 45.4 Å². The average molecular weight is 802 g/mol. The van der Waals surface area contributed by atoms with Crippen LogP contribution in [0, 0.1) is 20.2 Å². The fourth-order valence-electron chi connectivity index (χ4n) is 4.40. The van der Waals surface area contributed by atoms with Gasteiger partial charge in [-0.15, -0.1) is 0 Å². The third-order valence-corrected chi connectivity index (χ3v) is 8.24. The van der Waals surface area contributed by atoms with Gasteiger partial charge in [0, 0.05) is 59.2 Å². The highest BCUT2D eigenvalue weighted by atomic mass is 79.9. The van der Waals surface area contributed by atoms with Gasteiger partial charge in [0.05, 0.1) is 41.5 Å². The van der Waals surface area contributed by atoms with Gasteiger partial charge in [-0.2, -0.15) is 0 Å². The molecule has 16 heteroatoms. The third kappa shape index (κ3) is 7.88. The number of nitro groups is 2. The molecule has 5 aromatic carbocycles. The Balaban J connectivity index is 1.71. The van der Waals surface area contributed by atoms with Gasteiger partial charge in [-0.3, -0.25) is 40.2 Å². The SMILES string of the molecule is O=[N+]([O-])c1cccc(C=Nc2cc(N=Cc3cccc([N+](=O)[O-])c3O)c(N=Cc3cccc(Br)c3O)cc2N=Cc2cccc(Br)c2O)c1O. The Morgan fingerprint density at radius 1 is 0.480 bits per heavy atom. The molecule has 4 N–H and O–H groups in total. The number of para-hydroxylation sites is 4. The molecule has 5 rings (SSSR count). The maximum atomic E-state index is 11.4. The van der Waals surface area contributed by atoms with E-state index in [1.54, 1.807) is 36.4 Å². The van der Waals surface area contributed by atoms with Gasteiger partial charge in [0.2, 0.25) is 11.5 Å². The molecule has 0 amide bonds.